The second-order valence-electron chi connectivity index (χ2n) is 24.8. The first-order chi connectivity index (χ1) is 39.6. The Hall–Kier alpha value is -3.62. The Morgan fingerprint density at radius 1 is 0.952 bits per heavy atom. The van der Waals surface area contributed by atoms with Crippen LogP contribution in [-0.2, 0) is 54.0 Å². The Bertz CT molecular complexity index is 2530. The molecule has 0 radical (unpaired) electrons. The molecule has 0 spiro atoms. The quantitative estimate of drug-likeness (QED) is 0.0510. The number of cyclic esters (lactones) is 1. The van der Waals surface area contributed by atoms with Gasteiger partial charge in [-0.1, -0.05) is 59.2 Å². The zero-order valence-electron chi connectivity index (χ0n) is 51.9. The summed E-state index contributed by atoms with van der Waals surface area (Å²) in [6, 6.07) is 7.83. The number of Topliss-reactive ketones (excluding diaryl/α,β-unsaturated/α-hetero) is 2. The van der Waals surface area contributed by atoms with Gasteiger partial charge in [0.1, 0.15) is 59.8 Å². The number of likely N-dealkylation sites (N-methyl/N-ethyl adjacent to an activating group) is 2. The SMILES string of the molecule is CCC[C@@H]1C[C@@H](C(=O)N[C@@H]([C@H]2O[C@H](SC)[C@H](O)[C@@H](O)[C@H]2O)[C@H](C)Cl)N(C)C1.CC[C@@H]1OC(=O)[C@H](C)C(=O)[C@H](C)[C@@H](O[C@@H]2O[C@H](C)C[C@H](N(C)C)[C@H]2O)[C@](C)(OC)C[C@@H](C)C(=O)[C@@H](C)[C@H]2N(NCCCc3ccnc4ccccc34)C(=O)O[C@]12C. The topological polar surface area (TPSA) is 268 Å². The highest BCUT2D eigenvalue weighted by Crippen LogP contribution is 2.43. The number of ether oxygens (including phenoxy) is 6. The van der Waals surface area contributed by atoms with Crippen LogP contribution in [0, 0.1) is 29.6 Å². The van der Waals surface area contributed by atoms with Gasteiger partial charge in [0, 0.05) is 55.6 Å². The van der Waals surface area contributed by atoms with Crippen LogP contribution in [0.3, 0.4) is 0 Å². The van der Waals surface area contributed by atoms with E-state index < -0.39 is 125 Å². The summed E-state index contributed by atoms with van der Waals surface area (Å²) >= 11 is 7.55. The Balaban J connectivity index is 0.000000350. The lowest BCUT2D eigenvalue weighted by molar-refractivity contribution is -0.295. The molecule has 474 valence electrons. The molecule has 21 nitrogen and oxygen atoms in total. The zero-order valence-corrected chi connectivity index (χ0v) is 53.5. The molecule has 0 unspecified atom stereocenters. The average Bonchev–Trinajstić information content (AvgIpc) is 1.80. The molecule has 23 heteroatoms. The summed E-state index contributed by atoms with van der Waals surface area (Å²) in [4.78, 5) is 78.1. The molecule has 5 fully saturated rings. The molecule has 7 rings (SSSR count). The number of hydrazine groups is 1. The van der Waals surface area contributed by atoms with Crippen LogP contribution in [0.4, 0.5) is 4.79 Å². The maximum atomic E-state index is 14.7. The molecule has 6 N–H and O–H groups in total. The maximum absolute atomic E-state index is 14.7. The van der Waals surface area contributed by atoms with E-state index >= 15 is 0 Å². The molecule has 0 bridgehead atoms. The van der Waals surface area contributed by atoms with Crippen LogP contribution in [0.2, 0.25) is 0 Å². The summed E-state index contributed by atoms with van der Waals surface area (Å²) in [5.41, 5.74) is 1.87. The van der Waals surface area contributed by atoms with Gasteiger partial charge in [0.15, 0.2) is 17.7 Å². The summed E-state index contributed by atoms with van der Waals surface area (Å²) in [6.07, 6.45) is -1.17. The lowest BCUT2D eigenvalue weighted by atomic mass is 9.73. The number of fused-ring (bicyclic) bond motifs is 2. The molecule has 0 saturated carbocycles. The highest BCUT2D eigenvalue weighted by atomic mass is 35.5. The van der Waals surface area contributed by atoms with Crippen molar-refractivity contribution in [2.45, 2.75) is 222 Å². The van der Waals surface area contributed by atoms with Crippen LogP contribution in [0.5, 0.6) is 0 Å². The number of esters is 1. The summed E-state index contributed by atoms with van der Waals surface area (Å²) in [7, 11) is 7.17. The number of hydrogen-bond acceptors (Lipinski definition) is 20. The Morgan fingerprint density at radius 2 is 1.64 bits per heavy atom. The summed E-state index contributed by atoms with van der Waals surface area (Å²) in [5.74, 6) is -4.73. The number of thioether (sulfide) groups is 1. The number of nitrogens with zero attached hydrogens (tertiary/aromatic N) is 4. The summed E-state index contributed by atoms with van der Waals surface area (Å²) in [6.45, 7) is 19.0. The van der Waals surface area contributed by atoms with Crippen LogP contribution in [0.25, 0.3) is 10.9 Å². The standard InChI is InChI=1S/C43H64N4O10.C18H33ClN2O5S/c1-12-33-43(8)37(47(41(52)57-43)45-20-15-16-29-19-21-44-31-18-14-13-17-30(29)31)26(4)34(48)24(2)23-42(7,53-11)38(27(5)35(49)28(6)39(51)55-33)56-40-36(50)32(46(9)10)22-25(3)54-40;1-5-6-10-7-11(21(3)8-10)17(25)20-12(9(2)19)16-14(23)13(22)15(24)18(26-16)27-4/h13-14,17-19,21,24-28,32-33,36-38,40,45,50H,12,15-16,20,22-23H2,1-11H3;9-16,18,22-24H,5-8H2,1-4H3,(H,20,25)/t24-,25-,26-,27+,28-,32+,33+,36-,37-,38-,40+,42-,43-;9-,10+,11-,12+,13-,14+,15+,16+,18+/m10/s1. The number of halogens is 1. The first kappa shape index (κ1) is 69.5. The van der Waals surface area contributed by atoms with Gasteiger partial charge >= 0.3 is 12.1 Å². The van der Waals surface area contributed by atoms with E-state index in [1.165, 1.54) is 30.8 Å². The van der Waals surface area contributed by atoms with Crippen molar-refractivity contribution < 1.29 is 72.8 Å². The number of benzene rings is 1. The first-order valence-electron chi connectivity index (χ1n) is 30.0. The number of aliphatic hydroxyl groups is 4. The third-order valence-electron chi connectivity index (χ3n) is 18.3. The Kier molecular flexibility index (Phi) is 24.9. The number of ketones is 2. The molecule has 6 heterocycles. The van der Waals surface area contributed by atoms with Crippen molar-refractivity contribution in [1.82, 2.24) is 30.5 Å². The van der Waals surface area contributed by atoms with Gasteiger partial charge < -0.3 is 59.1 Å². The van der Waals surface area contributed by atoms with Gasteiger partial charge in [0.25, 0.3) is 0 Å². The summed E-state index contributed by atoms with van der Waals surface area (Å²) < 4.78 is 36.9. The lowest BCUT2D eigenvalue weighted by Crippen LogP contribution is -2.65. The van der Waals surface area contributed by atoms with Crippen molar-refractivity contribution in [2.24, 2.45) is 29.6 Å². The predicted octanol–water partition coefficient (Wildman–Crippen LogP) is 5.27. The van der Waals surface area contributed by atoms with Crippen molar-refractivity contribution in [3.8, 4) is 0 Å². The number of hydrogen-bond donors (Lipinski definition) is 6. The van der Waals surface area contributed by atoms with E-state index in [0.717, 1.165) is 42.3 Å². The van der Waals surface area contributed by atoms with Crippen LogP contribution in [0.15, 0.2) is 36.5 Å². The first-order valence-corrected chi connectivity index (χ1v) is 31.8. The minimum absolute atomic E-state index is 0.117. The molecule has 5 aliphatic rings. The predicted molar refractivity (Wildman–Crippen MR) is 320 cm³/mol. The molecular weight excluding hydrogens is 1120 g/mol. The minimum atomic E-state index is -1.45. The molecule has 22 atom stereocenters. The minimum Gasteiger partial charge on any atom is -0.458 e. The number of para-hydroxylation sites is 1. The number of alkyl halides is 1. The number of carbonyl (C=O) groups excluding carboxylic acids is 5. The second kappa shape index (κ2) is 30.1. The number of aromatic nitrogens is 1. The number of rotatable bonds is 17. The van der Waals surface area contributed by atoms with Gasteiger partial charge in [0.2, 0.25) is 5.91 Å². The molecule has 5 saturated heterocycles. The number of methoxy groups -OCH3 is 1. The van der Waals surface area contributed by atoms with Gasteiger partial charge in [-0.2, -0.15) is 0 Å². The molecule has 0 aliphatic carbocycles. The number of carbonyl (C=O) groups is 5. The van der Waals surface area contributed by atoms with Crippen molar-refractivity contribution in [2.75, 3.05) is 47.6 Å². The highest BCUT2D eigenvalue weighted by Gasteiger charge is 2.61. The maximum Gasteiger partial charge on any atom is 0.425 e. The lowest BCUT2D eigenvalue weighted by Gasteiger charge is -2.47. The molecule has 5 aliphatic heterocycles. The Labute approximate surface area is 506 Å². The van der Waals surface area contributed by atoms with E-state index in [4.69, 9.17) is 40.0 Å². The third-order valence-corrected chi connectivity index (χ3v) is 19.5. The second-order valence-corrected chi connectivity index (χ2v) is 26.4. The third kappa shape index (κ3) is 15.4. The van der Waals surface area contributed by atoms with Crippen LogP contribution in [0.1, 0.15) is 120 Å². The normalized spacial score (nSPS) is 38.1. The number of aryl methyl sites for hydroxylation is 1. The van der Waals surface area contributed by atoms with Crippen molar-refractivity contribution in [3.05, 3.63) is 42.1 Å². The van der Waals surface area contributed by atoms with Gasteiger partial charge in [0.05, 0.1) is 40.8 Å². The number of amides is 2. The van der Waals surface area contributed by atoms with Gasteiger partial charge in [-0.25, -0.2) is 15.2 Å². The van der Waals surface area contributed by atoms with Crippen molar-refractivity contribution in [1.29, 1.82) is 0 Å². The van der Waals surface area contributed by atoms with Gasteiger partial charge in [-0.15, -0.1) is 23.4 Å². The highest BCUT2D eigenvalue weighted by molar-refractivity contribution is 7.99. The number of likely N-dealkylation sites (tertiary alicyclic amines) is 1. The molecule has 1 aromatic carbocycles. The van der Waals surface area contributed by atoms with Crippen LogP contribution >= 0.6 is 23.4 Å². The average molecular weight is 1220 g/mol. The zero-order chi connectivity index (χ0) is 62.3. The molecule has 2 amide bonds. The van der Waals surface area contributed by atoms with E-state index in [9.17, 15) is 44.4 Å². The van der Waals surface area contributed by atoms with Gasteiger partial charge in [-0.3, -0.25) is 29.1 Å². The van der Waals surface area contributed by atoms with Crippen molar-refractivity contribution >= 4 is 63.8 Å². The van der Waals surface area contributed by atoms with Crippen molar-refractivity contribution in [3.63, 3.8) is 0 Å². The number of aliphatic hydroxyl groups excluding tert-OH is 4. The largest absolute Gasteiger partial charge is 0.458 e. The smallest absolute Gasteiger partial charge is 0.425 e. The van der Waals surface area contributed by atoms with Crippen LogP contribution in [-0.4, -0.2) is 219 Å². The van der Waals surface area contributed by atoms with E-state index in [2.05, 4.69) is 22.7 Å². The molecule has 84 heavy (non-hydrogen) atoms. The molecular formula is C61H97ClN6O15S. The molecule has 2 aromatic rings. The monoisotopic (exact) mass is 1220 g/mol. The van der Waals surface area contributed by atoms with Gasteiger partial charge in [-0.05, 0) is 131 Å². The van der Waals surface area contributed by atoms with E-state index in [-0.39, 0.29) is 42.7 Å². The number of nitrogens with one attached hydrogen (secondary N) is 2. The Morgan fingerprint density at radius 3 is 2.27 bits per heavy atom. The fourth-order valence-corrected chi connectivity index (χ4v) is 14.4. The van der Waals surface area contributed by atoms with E-state index in [1.54, 1.807) is 54.0 Å². The number of pyridine rings is 1. The van der Waals surface area contributed by atoms with Crippen LogP contribution < -0.4 is 10.7 Å². The fourth-order valence-electron chi connectivity index (χ4n) is 13.5. The summed E-state index contributed by atoms with van der Waals surface area (Å²) in [5, 5.41) is 46.9. The fraction of sp³-hybridized carbons (Fsp3) is 0.770. The molecule has 1 aromatic heterocycles. The van der Waals surface area contributed by atoms with E-state index in [1.807, 2.05) is 75.1 Å². The van der Waals surface area contributed by atoms with E-state index in [0.29, 0.717) is 31.7 Å².